The second kappa shape index (κ2) is 6.02. The van der Waals surface area contributed by atoms with E-state index >= 15 is 0 Å². The molecule has 0 radical (unpaired) electrons. The molecule has 1 saturated carbocycles. The van der Waals surface area contributed by atoms with E-state index in [9.17, 15) is 0 Å². The molecular formula is C19H25N5O. The first-order valence-electron chi connectivity index (χ1n) is 9.39. The minimum Gasteiger partial charge on any atom is -0.377 e. The molecule has 3 atom stereocenters. The zero-order valence-electron chi connectivity index (χ0n) is 14.7. The Balaban J connectivity index is 1.28. The summed E-state index contributed by atoms with van der Waals surface area (Å²) in [5.74, 6) is 3.24. The zero-order valence-corrected chi connectivity index (χ0v) is 14.7. The summed E-state index contributed by atoms with van der Waals surface area (Å²) in [5.41, 5.74) is 1.31. The van der Waals surface area contributed by atoms with E-state index in [1.807, 2.05) is 0 Å². The Morgan fingerprint density at radius 1 is 1.00 bits per heavy atom. The van der Waals surface area contributed by atoms with Gasteiger partial charge in [0.15, 0.2) is 0 Å². The van der Waals surface area contributed by atoms with Crippen LogP contribution in [-0.4, -0.2) is 53.7 Å². The van der Waals surface area contributed by atoms with Gasteiger partial charge in [-0.3, -0.25) is 0 Å². The third kappa shape index (κ3) is 2.59. The van der Waals surface area contributed by atoms with Crippen molar-refractivity contribution in [3.05, 3.63) is 36.2 Å². The number of ether oxygens (including phenoxy) is 1. The van der Waals surface area contributed by atoms with Gasteiger partial charge in [-0.2, -0.15) is 0 Å². The maximum Gasteiger partial charge on any atom is 0.227 e. The van der Waals surface area contributed by atoms with Crippen LogP contribution in [0, 0.1) is 5.92 Å². The van der Waals surface area contributed by atoms with Crippen LogP contribution in [0.1, 0.15) is 24.6 Å². The Hall–Kier alpha value is -2.08. The van der Waals surface area contributed by atoms with E-state index in [0.717, 1.165) is 44.6 Å². The van der Waals surface area contributed by atoms with E-state index in [2.05, 4.69) is 61.9 Å². The van der Waals surface area contributed by atoms with E-state index in [-0.39, 0.29) is 0 Å². The van der Waals surface area contributed by atoms with Gasteiger partial charge < -0.3 is 19.1 Å². The number of fused-ring (bicyclic) bond motifs is 1. The van der Waals surface area contributed by atoms with Crippen LogP contribution in [0.3, 0.4) is 0 Å². The van der Waals surface area contributed by atoms with Crippen molar-refractivity contribution in [2.75, 3.05) is 42.6 Å². The van der Waals surface area contributed by atoms with Gasteiger partial charge in [-0.15, -0.1) is 10.2 Å². The van der Waals surface area contributed by atoms with Crippen molar-refractivity contribution in [3.63, 3.8) is 0 Å². The lowest BCUT2D eigenvalue weighted by atomic mass is 10.2. The lowest BCUT2D eigenvalue weighted by Crippen LogP contribution is -2.47. The molecule has 1 aliphatic carbocycles. The van der Waals surface area contributed by atoms with Crippen molar-refractivity contribution in [1.29, 1.82) is 0 Å². The van der Waals surface area contributed by atoms with Gasteiger partial charge >= 0.3 is 0 Å². The second-order valence-corrected chi connectivity index (χ2v) is 7.39. The number of para-hydroxylation sites is 1. The zero-order chi connectivity index (χ0) is 16.8. The van der Waals surface area contributed by atoms with Crippen molar-refractivity contribution < 1.29 is 4.74 Å². The normalized spacial score (nSPS) is 28.8. The smallest absolute Gasteiger partial charge is 0.227 e. The number of benzene rings is 1. The Kier molecular flexibility index (Phi) is 3.66. The summed E-state index contributed by atoms with van der Waals surface area (Å²) < 4.78 is 8.09. The van der Waals surface area contributed by atoms with Crippen LogP contribution in [0.4, 0.5) is 11.6 Å². The van der Waals surface area contributed by atoms with Crippen molar-refractivity contribution in [3.8, 4) is 0 Å². The summed E-state index contributed by atoms with van der Waals surface area (Å²) in [5, 5.41) is 9.05. The summed E-state index contributed by atoms with van der Waals surface area (Å²) in [6.45, 7) is 4.90. The number of hydrogen-bond donors (Lipinski definition) is 0. The first kappa shape index (κ1) is 15.2. The Morgan fingerprint density at radius 3 is 2.48 bits per heavy atom. The number of piperazine rings is 1. The molecular weight excluding hydrogens is 314 g/mol. The van der Waals surface area contributed by atoms with Gasteiger partial charge in [0.2, 0.25) is 5.95 Å². The Bertz CT molecular complexity index is 726. The van der Waals surface area contributed by atoms with Crippen LogP contribution >= 0.6 is 0 Å². The fraction of sp³-hybridized carbons (Fsp3) is 0.579. The van der Waals surface area contributed by atoms with Crippen molar-refractivity contribution in [1.82, 2.24) is 14.8 Å². The number of aromatic nitrogens is 3. The van der Waals surface area contributed by atoms with E-state index in [4.69, 9.17) is 4.74 Å². The molecule has 1 aromatic heterocycles. The van der Waals surface area contributed by atoms with E-state index < -0.39 is 0 Å². The van der Waals surface area contributed by atoms with Gasteiger partial charge in [0.1, 0.15) is 5.82 Å². The molecule has 3 unspecified atom stereocenters. The molecule has 0 N–H and O–H groups in total. The number of hydrogen-bond acceptors (Lipinski definition) is 5. The van der Waals surface area contributed by atoms with E-state index in [0.29, 0.717) is 17.9 Å². The molecule has 0 amide bonds. The molecule has 6 heteroatoms. The van der Waals surface area contributed by atoms with E-state index in [1.165, 1.54) is 18.5 Å². The lowest BCUT2D eigenvalue weighted by molar-refractivity contribution is 0.0778. The first-order valence-corrected chi connectivity index (χ1v) is 9.39. The summed E-state index contributed by atoms with van der Waals surface area (Å²) in [6, 6.07) is 10.7. The highest BCUT2D eigenvalue weighted by Crippen LogP contribution is 2.54. The predicted molar refractivity (Wildman–Crippen MR) is 97.1 cm³/mol. The molecule has 0 spiro atoms. The monoisotopic (exact) mass is 339 g/mol. The van der Waals surface area contributed by atoms with Crippen LogP contribution in [-0.2, 0) is 11.8 Å². The minimum absolute atomic E-state index is 0.388. The highest BCUT2D eigenvalue weighted by atomic mass is 16.5. The SMILES string of the molecule is Cn1c(C2C3CCCOC32)nnc1N1CCN(c2ccccc2)CC1. The van der Waals surface area contributed by atoms with Gasteiger partial charge in [0.25, 0.3) is 0 Å². The third-order valence-corrected chi connectivity index (χ3v) is 5.96. The molecule has 2 aliphatic heterocycles. The van der Waals surface area contributed by atoms with Gasteiger partial charge in [0.05, 0.1) is 12.0 Å². The van der Waals surface area contributed by atoms with Crippen LogP contribution in [0.15, 0.2) is 30.3 Å². The highest BCUT2D eigenvalue weighted by Gasteiger charge is 2.55. The van der Waals surface area contributed by atoms with Gasteiger partial charge in [0, 0.05) is 45.5 Å². The van der Waals surface area contributed by atoms with Gasteiger partial charge in [-0.05, 0) is 30.9 Å². The third-order valence-electron chi connectivity index (χ3n) is 5.96. The average Bonchev–Trinajstić information content (AvgIpc) is 3.28. The maximum absolute atomic E-state index is 5.89. The van der Waals surface area contributed by atoms with Crippen LogP contribution in [0.25, 0.3) is 0 Å². The quantitative estimate of drug-likeness (QED) is 0.856. The van der Waals surface area contributed by atoms with Gasteiger partial charge in [-0.25, -0.2) is 0 Å². The second-order valence-electron chi connectivity index (χ2n) is 7.39. The minimum atomic E-state index is 0.388. The molecule has 3 heterocycles. The average molecular weight is 339 g/mol. The summed E-state index contributed by atoms with van der Waals surface area (Å²) in [4.78, 5) is 4.81. The topological polar surface area (TPSA) is 46.4 Å². The van der Waals surface area contributed by atoms with Crippen molar-refractivity contribution >= 4 is 11.6 Å². The molecule has 5 rings (SSSR count). The molecule has 132 valence electrons. The van der Waals surface area contributed by atoms with Crippen molar-refractivity contribution in [2.45, 2.75) is 24.9 Å². The molecule has 2 saturated heterocycles. The molecule has 2 aromatic rings. The fourth-order valence-corrected chi connectivity index (χ4v) is 4.49. The summed E-state index contributed by atoms with van der Waals surface area (Å²) >= 11 is 0. The van der Waals surface area contributed by atoms with Gasteiger partial charge in [-0.1, -0.05) is 18.2 Å². The summed E-state index contributed by atoms with van der Waals surface area (Å²) in [7, 11) is 2.11. The Morgan fingerprint density at radius 2 is 1.76 bits per heavy atom. The Labute approximate surface area is 148 Å². The number of anilines is 2. The molecule has 3 fully saturated rings. The van der Waals surface area contributed by atoms with Crippen LogP contribution in [0.2, 0.25) is 0 Å². The largest absolute Gasteiger partial charge is 0.377 e. The first-order chi connectivity index (χ1) is 12.3. The molecule has 25 heavy (non-hydrogen) atoms. The summed E-state index contributed by atoms with van der Waals surface area (Å²) in [6.07, 6.45) is 2.84. The van der Waals surface area contributed by atoms with E-state index in [1.54, 1.807) is 0 Å². The fourth-order valence-electron chi connectivity index (χ4n) is 4.49. The predicted octanol–water partition coefficient (Wildman–Crippen LogP) is 2.03. The standard InChI is InChI=1S/C19H25N5O/c1-22-18(16-15-8-5-13-25-17(15)16)20-21-19(22)24-11-9-23(10-12-24)14-6-3-2-4-7-14/h2-4,6-7,15-17H,5,8-13H2,1H3. The molecule has 0 bridgehead atoms. The maximum atomic E-state index is 5.89. The highest BCUT2D eigenvalue weighted by molar-refractivity contribution is 5.48. The number of rotatable bonds is 3. The molecule has 1 aromatic carbocycles. The van der Waals surface area contributed by atoms with Crippen LogP contribution in [0.5, 0.6) is 0 Å². The molecule has 6 nitrogen and oxygen atoms in total. The number of nitrogens with zero attached hydrogens (tertiary/aromatic N) is 5. The lowest BCUT2D eigenvalue weighted by Gasteiger charge is -2.36. The van der Waals surface area contributed by atoms with Crippen LogP contribution < -0.4 is 9.80 Å². The van der Waals surface area contributed by atoms with Crippen molar-refractivity contribution in [2.24, 2.45) is 13.0 Å². The molecule has 3 aliphatic rings.